The van der Waals surface area contributed by atoms with Crippen molar-refractivity contribution in [1.29, 1.82) is 0 Å². The van der Waals surface area contributed by atoms with Crippen molar-refractivity contribution in [1.82, 2.24) is 4.90 Å². The van der Waals surface area contributed by atoms with Gasteiger partial charge in [-0.05, 0) is 25.0 Å². The van der Waals surface area contributed by atoms with Crippen LogP contribution < -0.4 is 0 Å². The highest BCUT2D eigenvalue weighted by Crippen LogP contribution is 2.66. The zero-order chi connectivity index (χ0) is 19.0. The number of nitrogens with zero attached hydrogens (tertiary/aromatic N) is 2. The number of allylic oxidation sites excluding steroid dienone is 1. The first-order valence-electron chi connectivity index (χ1n) is 9.37. The fourth-order valence-corrected chi connectivity index (χ4v) is 6.15. The molecular weight excluding hydrogens is 344 g/mol. The lowest BCUT2D eigenvalue weighted by Gasteiger charge is -2.63. The third-order valence-corrected chi connectivity index (χ3v) is 7.26. The number of fused-ring (bicyclic) bond motifs is 2. The van der Waals surface area contributed by atoms with Gasteiger partial charge in [0.1, 0.15) is 5.41 Å². The van der Waals surface area contributed by atoms with Crippen LogP contribution in [0.25, 0.3) is 0 Å². The van der Waals surface area contributed by atoms with E-state index in [9.17, 15) is 14.7 Å². The Labute approximate surface area is 157 Å². The summed E-state index contributed by atoms with van der Waals surface area (Å²) >= 11 is 0. The SMILES string of the molecule is C/C=C1/CN2C(=O)C[C@]34C(=Nc5ccccc53)[C@@H]2C[C@@H]1[C@@]4(CO)C(=O)OC. The summed E-state index contributed by atoms with van der Waals surface area (Å²) in [6, 6.07) is 7.55. The molecule has 1 aromatic carbocycles. The molecule has 1 aromatic rings. The first-order chi connectivity index (χ1) is 13.0. The molecule has 0 aromatic heterocycles. The molecule has 1 amide bonds. The van der Waals surface area contributed by atoms with Gasteiger partial charge in [-0.1, -0.05) is 29.8 Å². The molecular formula is C21H22N2O4. The lowest BCUT2D eigenvalue weighted by molar-refractivity contribution is -0.173. The number of aliphatic imine (C=N–C) groups is 1. The molecule has 0 radical (unpaired) electrons. The highest BCUT2D eigenvalue weighted by atomic mass is 16.5. The minimum absolute atomic E-state index is 0.00915. The van der Waals surface area contributed by atoms with Gasteiger partial charge >= 0.3 is 5.97 Å². The average Bonchev–Trinajstić information content (AvgIpc) is 3.04. The molecule has 0 spiro atoms. The quantitative estimate of drug-likeness (QED) is 0.639. The van der Waals surface area contributed by atoms with E-state index in [-0.39, 0.29) is 30.9 Å². The number of benzene rings is 1. The van der Waals surface area contributed by atoms with Crippen LogP contribution in [0.2, 0.25) is 0 Å². The van der Waals surface area contributed by atoms with Crippen molar-refractivity contribution in [2.45, 2.75) is 31.2 Å². The van der Waals surface area contributed by atoms with Gasteiger partial charge in [-0.3, -0.25) is 14.6 Å². The Balaban J connectivity index is 1.90. The van der Waals surface area contributed by atoms with Crippen molar-refractivity contribution >= 4 is 23.3 Å². The van der Waals surface area contributed by atoms with E-state index in [1.54, 1.807) is 0 Å². The van der Waals surface area contributed by atoms with Gasteiger partial charge in [-0.2, -0.15) is 0 Å². The van der Waals surface area contributed by atoms with Gasteiger partial charge in [0.25, 0.3) is 0 Å². The number of methoxy groups -OCH3 is 1. The summed E-state index contributed by atoms with van der Waals surface area (Å²) in [5, 5.41) is 10.7. The van der Waals surface area contributed by atoms with Gasteiger partial charge in [-0.15, -0.1) is 0 Å². The van der Waals surface area contributed by atoms with Crippen LogP contribution in [0.15, 0.2) is 40.9 Å². The molecule has 4 aliphatic rings. The number of hydrogen-bond acceptors (Lipinski definition) is 5. The van der Waals surface area contributed by atoms with Gasteiger partial charge in [0.05, 0.1) is 36.6 Å². The summed E-state index contributed by atoms with van der Waals surface area (Å²) < 4.78 is 5.26. The maximum atomic E-state index is 13.3. The molecule has 3 fully saturated rings. The predicted molar refractivity (Wildman–Crippen MR) is 98.7 cm³/mol. The molecule has 6 nitrogen and oxygen atoms in total. The molecule has 1 saturated carbocycles. The summed E-state index contributed by atoms with van der Waals surface area (Å²) in [4.78, 5) is 33.3. The van der Waals surface area contributed by atoms with Crippen LogP contribution in [-0.2, 0) is 19.7 Å². The minimum Gasteiger partial charge on any atom is -0.468 e. The second kappa shape index (κ2) is 5.29. The topological polar surface area (TPSA) is 79.2 Å². The molecule has 2 saturated heterocycles. The largest absolute Gasteiger partial charge is 0.468 e. The number of esters is 1. The van der Waals surface area contributed by atoms with Crippen LogP contribution in [0.5, 0.6) is 0 Å². The third kappa shape index (κ3) is 1.64. The zero-order valence-electron chi connectivity index (χ0n) is 15.4. The molecule has 3 aliphatic heterocycles. The van der Waals surface area contributed by atoms with Gasteiger partial charge in [0.2, 0.25) is 5.91 Å². The van der Waals surface area contributed by atoms with Crippen LogP contribution >= 0.6 is 0 Å². The molecule has 5 rings (SSSR count). The van der Waals surface area contributed by atoms with E-state index in [0.29, 0.717) is 13.0 Å². The Morgan fingerprint density at radius 2 is 2.22 bits per heavy atom. The Kier molecular flexibility index (Phi) is 3.27. The Hall–Kier alpha value is -2.47. The van der Waals surface area contributed by atoms with Crippen molar-refractivity contribution in [3.8, 4) is 0 Å². The van der Waals surface area contributed by atoms with Crippen LogP contribution in [0.1, 0.15) is 25.3 Å². The number of rotatable bonds is 2. The Morgan fingerprint density at radius 3 is 2.93 bits per heavy atom. The number of aliphatic hydroxyl groups is 1. The number of carbonyl (C=O) groups is 2. The van der Waals surface area contributed by atoms with Gasteiger partial charge in [0, 0.05) is 18.9 Å². The number of piperidine rings is 2. The first kappa shape index (κ1) is 16.7. The van der Waals surface area contributed by atoms with Crippen molar-refractivity contribution in [2.75, 3.05) is 20.3 Å². The van der Waals surface area contributed by atoms with E-state index in [0.717, 1.165) is 22.5 Å². The van der Waals surface area contributed by atoms with Gasteiger partial charge < -0.3 is 14.7 Å². The molecule has 6 heteroatoms. The standard InChI is InChI=1S/C21H22N2O4/c1-3-12-10-23-16-8-14(12)21(11-24,19(26)27-2)20(9-17(23)25)13-6-4-5-7-15(13)22-18(16)20/h3-7,14,16,24H,8-11H2,1-2H3/b12-3-/t14-,16-,20+,21-/m0/s1. The monoisotopic (exact) mass is 366 g/mol. The molecule has 4 atom stereocenters. The summed E-state index contributed by atoms with van der Waals surface area (Å²) in [6.45, 7) is 2.03. The maximum Gasteiger partial charge on any atom is 0.316 e. The predicted octanol–water partition coefficient (Wildman–Crippen LogP) is 1.74. The van der Waals surface area contributed by atoms with E-state index < -0.39 is 16.8 Å². The summed E-state index contributed by atoms with van der Waals surface area (Å²) in [5.41, 5.74) is 1.32. The van der Waals surface area contributed by atoms with Gasteiger partial charge in [-0.25, -0.2) is 0 Å². The molecule has 3 bridgehead atoms. The lowest BCUT2D eigenvalue weighted by atomic mass is 9.43. The maximum absolute atomic E-state index is 13.3. The molecule has 140 valence electrons. The number of carbonyl (C=O) groups excluding carboxylic acids is 2. The number of hydrogen-bond donors (Lipinski definition) is 1. The lowest BCUT2D eigenvalue weighted by Crippen LogP contribution is -2.76. The molecule has 1 N–H and O–H groups in total. The third-order valence-electron chi connectivity index (χ3n) is 7.26. The Bertz CT molecular complexity index is 936. The molecule has 1 aliphatic carbocycles. The van der Waals surface area contributed by atoms with Crippen molar-refractivity contribution in [3.63, 3.8) is 0 Å². The fourth-order valence-electron chi connectivity index (χ4n) is 6.15. The van der Waals surface area contributed by atoms with E-state index in [4.69, 9.17) is 9.73 Å². The number of para-hydroxylation sites is 1. The van der Waals surface area contributed by atoms with Crippen LogP contribution in [-0.4, -0.2) is 53.9 Å². The second-order valence-electron chi connectivity index (χ2n) is 7.91. The summed E-state index contributed by atoms with van der Waals surface area (Å²) in [6.07, 6.45) is 2.72. The number of amides is 1. The Morgan fingerprint density at radius 1 is 1.44 bits per heavy atom. The van der Waals surface area contributed by atoms with Crippen molar-refractivity contribution in [3.05, 3.63) is 41.5 Å². The van der Waals surface area contributed by atoms with Crippen LogP contribution in [0.3, 0.4) is 0 Å². The smallest absolute Gasteiger partial charge is 0.316 e. The van der Waals surface area contributed by atoms with E-state index in [2.05, 4.69) is 0 Å². The average molecular weight is 366 g/mol. The van der Waals surface area contributed by atoms with Crippen molar-refractivity contribution < 1.29 is 19.4 Å². The minimum atomic E-state index is -1.24. The number of ether oxygens (including phenoxy) is 1. The van der Waals surface area contributed by atoms with Crippen molar-refractivity contribution in [2.24, 2.45) is 16.3 Å². The molecule has 0 unspecified atom stereocenters. The second-order valence-corrected chi connectivity index (χ2v) is 7.91. The summed E-state index contributed by atoms with van der Waals surface area (Å²) in [5.74, 6) is -0.630. The van der Waals surface area contributed by atoms with E-state index >= 15 is 0 Å². The summed E-state index contributed by atoms with van der Waals surface area (Å²) in [7, 11) is 1.36. The van der Waals surface area contributed by atoms with Gasteiger partial charge in [0.15, 0.2) is 0 Å². The number of aliphatic hydroxyl groups excluding tert-OH is 1. The normalized spacial score (nSPS) is 37.1. The fraction of sp³-hybridized carbons (Fsp3) is 0.476. The van der Waals surface area contributed by atoms with E-state index in [1.807, 2.05) is 42.2 Å². The van der Waals surface area contributed by atoms with Crippen LogP contribution in [0, 0.1) is 11.3 Å². The van der Waals surface area contributed by atoms with Crippen LogP contribution in [0.4, 0.5) is 5.69 Å². The van der Waals surface area contributed by atoms with E-state index in [1.165, 1.54) is 7.11 Å². The molecule has 27 heavy (non-hydrogen) atoms. The highest BCUT2D eigenvalue weighted by molar-refractivity contribution is 6.15. The molecule has 3 heterocycles. The first-order valence-corrected chi connectivity index (χ1v) is 9.37. The highest BCUT2D eigenvalue weighted by Gasteiger charge is 2.75. The zero-order valence-corrected chi connectivity index (χ0v) is 15.4.